The van der Waals surface area contributed by atoms with Crippen LogP contribution < -0.4 is 10.1 Å². The van der Waals surface area contributed by atoms with E-state index in [-0.39, 0.29) is 16.9 Å². The predicted octanol–water partition coefficient (Wildman–Crippen LogP) is 2.49. The molecule has 0 atom stereocenters. The highest BCUT2D eigenvalue weighted by atomic mass is 79.9. The Balaban J connectivity index is 2.75. The molecule has 0 aliphatic carbocycles. The number of methoxy groups -OCH3 is 2. The number of carbonyl (C=O) groups excluding carboxylic acids is 2. The summed E-state index contributed by atoms with van der Waals surface area (Å²) in [6.45, 7) is 2.80. The molecule has 0 unspecified atom stereocenters. The van der Waals surface area contributed by atoms with Crippen molar-refractivity contribution in [3.63, 3.8) is 0 Å². The van der Waals surface area contributed by atoms with Crippen LogP contribution in [0.1, 0.15) is 25.3 Å². The van der Waals surface area contributed by atoms with E-state index in [1.165, 1.54) is 14.2 Å². The van der Waals surface area contributed by atoms with Crippen LogP contribution in [0.25, 0.3) is 0 Å². The lowest BCUT2D eigenvalue weighted by molar-refractivity contribution is -0.140. The summed E-state index contributed by atoms with van der Waals surface area (Å²) in [5, 5.41) is 12.0. The topological polar surface area (TPSA) is 111 Å². The second-order valence-electron chi connectivity index (χ2n) is 5.98. The standard InChI is InChI=1S/C19H20BrNO7/c1-9-15(18(24)26-3)17(16(10(2)21-9)19(25)27-4)12-7-11(20)5-6-13(12)28-8-14(22)23/h5-7,17,21H,8H2,1-4H3,(H,22,23). The van der Waals surface area contributed by atoms with Crippen LogP contribution in [0.2, 0.25) is 0 Å². The van der Waals surface area contributed by atoms with Gasteiger partial charge in [-0.3, -0.25) is 0 Å². The Bertz CT molecular complexity index is 850. The van der Waals surface area contributed by atoms with E-state index in [4.69, 9.17) is 19.3 Å². The fourth-order valence-electron chi connectivity index (χ4n) is 3.08. The Labute approximate surface area is 170 Å². The molecule has 150 valence electrons. The third-order valence-electron chi connectivity index (χ3n) is 4.20. The maximum absolute atomic E-state index is 12.5. The minimum atomic E-state index is -1.15. The van der Waals surface area contributed by atoms with E-state index in [0.29, 0.717) is 21.4 Å². The van der Waals surface area contributed by atoms with Gasteiger partial charge in [-0.25, -0.2) is 14.4 Å². The van der Waals surface area contributed by atoms with Gasteiger partial charge in [-0.2, -0.15) is 0 Å². The summed E-state index contributed by atoms with van der Waals surface area (Å²) >= 11 is 3.37. The number of rotatable bonds is 6. The molecule has 2 rings (SSSR count). The maximum Gasteiger partial charge on any atom is 0.341 e. The first-order chi connectivity index (χ1) is 13.2. The molecule has 0 saturated carbocycles. The van der Waals surface area contributed by atoms with Crippen LogP contribution in [0.15, 0.2) is 45.2 Å². The molecule has 2 N–H and O–H groups in total. The molecule has 8 nitrogen and oxygen atoms in total. The Kier molecular flexibility index (Phi) is 6.85. The zero-order chi connectivity index (χ0) is 21.0. The molecule has 0 bridgehead atoms. The second kappa shape index (κ2) is 8.92. The lowest BCUT2D eigenvalue weighted by Crippen LogP contribution is -2.32. The molecule has 0 fully saturated rings. The lowest BCUT2D eigenvalue weighted by atomic mass is 9.80. The fraction of sp³-hybridized carbons (Fsp3) is 0.316. The third-order valence-corrected chi connectivity index (χ3v) is 4.70. The monoisotopic (exact) mass is 453 g/mol. The molecular weight excluding hydrogens is 434 g/mol. The second-order valence-corrected chi connectivity index (χ2v) is 6.90. The first-order valence-electron chi connectivity index (χ1n) is 8.20. The highest BCUT2D eigenvalue weighted by molar-refractivity contribution is 9.10. The summed E-state index contributed by atoms with van der Waals surface area (Å²) in [5.74, 6) is -3.07. The first kappa shape index (κ1) is 21.5. The van der Waals surface area contributed by atoms with E-state index in [1.807, 2.05) is 0 Å². The molecule has 0 saturated heterocycles. The molecule has 0 aromatic heterocycles. The van der Waals surface area contributed by atoms with Crippen molar-refractivity contribution in [1.82, 2.24) is 5.32 Å². The van der Waals surface area contributed by atoms with Crippen molar-refractivity contribution in [2.75, 3.05) is 20.8 Å². The molecule has 1 aromatic carbocycles. The number of hydrogen-bond acceptors (Lipinski definition) is 7. The number of hydrogen-bond donors (Lipinski definition) is 2. The first-order valence-corrected chi connectivity index (χ1v) is 8.99. The van der Waals surface area contributed by atoms with E-state index < -0.39 is 30.4 Å². The molecule has 1 aliphatic heterocycles. The van der Waals surface area contributed by atoms with Gasteiger partial charge in [0.1, 0.15) is 5.75 Å². The van der Waals surface area contributed by atoms with E-state index in [0.717, 1.165) is 0 Å². The van der Waals surface area contributed by atoms with Gasteiger partial charge in [-0.15, -0.1) is 0 Å². The van der Waals surface area contributed by atoms with Crippen LogP contribution in [-0.4, -0.2) is 43.8 Å². The normalized spacial score (nSPS) is 14.5. The van der Waals surface area contributed by atoms with Gasteiger partial charge < -0.3 is 24.6 Å². The summed E-state index contributed by atoms with van der Waals surface area (Å²) in [5.41, 5.74) is 1.84. The fourth-order valence-corrected chi connectivity index (χ4v) is 3.46. The number of dihydropyridines is 1. The number of nitrogens with one attached hydrogen (secondary N) is 1. The average molecular weight is 454 g/mol. The van der Waals surface area contributed by atoms with Gasteiger partial charge >= 0.3 is 17.9 Å². The number of carboxylic acids is 1. The number of carboxylic acid groups (broad SMARTS) is 1. The molecule has 9 heteroatoms. The molecule has 0 spiro atoms. The van der Waals surface area contributed by atoms with Gasteiger partial charge in [0.25, 0.3) is 0 Å². The van der Waals surface area contributed by atoms with Crippen LogP contribution in [-0.2, 0) is 23.9 Å². The number of allylic oxidation sites excluding steroid dienone is 2. The minimum Gasteiger partial charge on any atom is -0.482 e. The number of ether oxygens (including phenoxy) is 3. The summed E-state index contributed by atoms with van der Waals surface area (Å²) in [7, 11) is 2.48. The lowest BCUT2D eigenvalue weighted by Gasteiger charge is -2.31. The van der Waals surface area contributed by atoms with E-state index in [2.05, 4.69) is 21.2 Å². The zero-order valence-corrected chi connectivity index (χ0v) is 17.4. The Hall–Kier alpha value is -2.81. The summed E-state index contributed by atoms with van der Waals surface area (Å²) in [6, 6.07) is 4.91. The largest absolute Gasteiger partial charge is 0.482 e. The van der Waals surface area contributed by atoms with E-state index in [1.54, 1.807) is 32.0 Å². The number of carbonyl (C=O) groups is 3. The van der Waals surface area contributed by atoms with Crippen molar-refractivity contribution in [2.45, 2.75) is 19.8 Å². The third kappa shape index (κ3) is 4.36. The van der Waals surface area contributed by atoms with Gasteiger partial charge in [0.2, 0.25) is 0 Å². The molecule has 1 heterocycles. The van der Waals surface area contributed by atoms with Crippen LogP contribution in [0.3, 0.4) is 0 Å². The van der Waals surface area contributed by atoms with Gasteiger partial charge in [0.05, 0.1) is 31.3 Å². The number of esters is 2. The van der Waals surface area contributed by atoms with Crippen molar-refractivity contribution in [3.05, 3.63) is 50.8 Å². The molecule has 0 amide bonds. The van der Waals surface area contributed by atoms with Gasteiger partial charge in [-0.05, 0) is 32.0 Å². The molecule has 28 heavy (non-hydrogen) atoms. The number of benzene rings is 1. The zero-order valence-electron chi connectivity index (χ0n) is 15.8. The van der Waals surface area contributed by atoms with Crippen molar-refractivity contribution in [3.8, 4) is 5.75 Å². The maximum atomic E-state index is 12.5. The summed E-state index contributed by atoms with van der Waals surface area (Å²) in [4.78, 5) is 36.0. The summed E-state index contributed by atoms with van der Waals surface area (Å²) < 4.78 is 15.9. The number of halogens is 1. The highest BCUT2D eigenvalue weighted by Gasteiger charge is 2.39. The van der Waals surface area contributed by atoms with Crippen LogP contribution in [0.4, 0.5) is 0 Å². The van der Waals surface area contributed by atoms with Crippen molar-refractivity contribution < 1.29 is 33.7 Å². The van der Waals surface area contributed by atoms with Crippen molar-refractivity contribution >= 4 is 33.8 Å². The summed E-state index contributed by atoms with van der Waals surface area (Å²) in [6.07, 6.45) is 0. The number of aliphatic carboxylic acids is 1. The van der Waals surface area contributed by atoms with Gasteiger partial charge in [-0.1, -0.05) is 15.9 Å². The molecule has 1 aromatic rings. The van der Waals surface area contributed by atoms with Crippen LogP contribution in [0.5, 0.6) is 5.75 Å². The SMILES string of the molecule is COC(=O)C1=C(C)NC(C)=C(C(=O)OC)C1c1cc(Br)ccc1OCC(=O)O. The van der Waals surface area contributed by atoms with Gasteiger partial charge in [0, 0.05) is 21.4 Å². The smallest absolute Gasteiger partial charge is 0.341 e. The Morgan fingerprint density at radius 2 is 1.61 bits per heavy atom. The van der Waals surface area contributed by atoms with Crippen LogP contribution >= 0.6 is 15.9 Å². The Morgan fingerprint density at radius 3 is 2.07 bits per heavy atom. The Morgan fingerprint density at radius 1 is 1.07 bits per heavy atom. The van der Waals surface area contributed by atoms with Crippen molar-refractivity contribution in [1.29, 1.82) is 0 Å². The van der Waals surface area contributed by atoms with E-state index in [9.17, 15) is 14.4 Å². The molecular formula is C19H20BrNO7. The van der Waals surface area contributed by atoms with E-state index >= 15 is 0 Å². The quantitative estimate of drug-likeness (QED) is 0.631. The predicted molar refractivity (Wildman–Crippen MR) is 103 cm³/mol. The average Bonchev–Trinajstić information content (AvgIpc) is 2.65. The van der Waals surface area contributed by atoms with Crippen molar-refractivity contribution in [2.24, 2.45) is 0 Å². The van der Waals surface area contributed by atoms with Gasteiger partial charge in [0.15, 0.2) is 6.61 Å². The minimum absolute atomic E-state index is 0.201. The van der Waals surface area contributed by atoms with Crippen LogP contribution in [0, 0.1) is 0 Å². The molecule has 1 aliphatic rings. The molecule has 0 radical (unpaired) electrons. The highest BCUT2D eigenvalue weighted by Crippen LogP contribution is 2.43.